The van der Waals surface area contributed by atoms with E-state index in [9.17, 15) is 13.5 Å². The summed E-state index contributed by atoms with van der Waals surface area (Å²) in [6.07, 6.45) is 6.58. The van der Waals surface area contributed by atoms with Crippen LogP contribution in [0.4, 0.5) is 5.82 Å². The zero-order chi connectivity index (χ0) is 16.8. The molecule has 2 aromatic heterocycles. The molecule has 23 heavy (non-hydrogen) atoms. The van der Waals surface area contributed by atoms with Crippen LogP contribution in [0.2, 0.25) is 0 Å². The maximum atomic E-state index is 11.7. The monoisotopic (exact) mass is 400 g/mol. The third kappa shape index (κ3) is 3.17. The van der Waals surface area contributed by atoms with E-state index in [4.69, 9.17) is 0 Å². The summed E-state index contributed by atoms with van der Waals surface area (Å²) in [5, 5.41) is 14.0. The maximum absolute atomic E-state index is 11.7. The summed E-state index contributed by atoms with van der Waals surface area (Å²) in [7, 11) is -3.52. The molecule has 1 saturated carbocycles. The summed E-state index contributed by atoms with van der Waals surface area (Å²) in [5.41, 5.74) is -0.411. The lowest BCUT2D eigenvalue weighted by atomic mass is 10.0. The molecule has 1 aliphatic rings. The molecular weight excluding hydrogens is 384 g/mol. The molecule has 0 amide bonds. The lowest BCUT2D eigenvalue weighted by molar-refractivity contribution is 0.0578. The van der Waals surface area contributed by atoms with Crippen molar-refractivity contribution in [2.24, 2.45) is 0 Å². The Labute approximate surface area is 142 Å². The standard InChI is InChI=1S/C14H17BrN4O3S/c1-14(20)5-3-4-10(14)18-12-11-8(9(15)7-16-12)6-17-13(19-11)23(2,21)22/h6-7,10,20H,3-5H2,1-2H3,(H,16,18)/t10?,14-/m1/s1. The van der Waals surface area contributed by atoms with E-state index in [-0.39, 0.29) is 11.2 Å². The van der Waals surface area contributed by atoms with Gasteiger partial charge in [0.25, 0.3) is 0 Å². The van der Waals surface area contributed by atoms with Crippen molar-refractivity contribution in [2.45, 2.75) is 43.0 Å². The van der Waals surface area contributed by atoms with Crippen molar-refractivity contribution in [3.63, 3.8) is 0 Å². The lowest BCUT2D eigenvalue weighted by Crippen LogP contribution is -2.39. The van der Waals surface area contributed by atoms with Crippen molar-refractivity contribution < 1.29 is 13.5 Å². The Morgan fingerprint density at radius 2 is 2.13 bits per heavy atom. The third-order valence-electron chi connectivity index (χ3n) is 4.12. The molecule has 9 heteroatoms. The second-order valence-electron chi connectivity index (χ2n) is 6.09. The highest BCUT2D eigenvalue weighted by Gasteiger charge is 2.37. The Morgan fingerprint density at radius 1 is 1.39 bits per heavy atom. The molecule has 0 saturated heterocycles. The molecule has 7 nitrogen and oxygen atoms in total. The number of nitrogens with one attached hydrogen (secondary N) is 1. The molecule has 0 aromatic carbocycles. The fraction of sp³-hybridized carbons (Fsp3) is 0.500. The van der Waals surface area contributed by atoms with Crippen LogP contribution in [-0.4, -0.2) is 46.4 Å². The number of hydrogen-bond donors (Lipinski definition) is 2. The molecule has 2 atom stereocenters. The van der Waals surface area contributed by atoms with E-state index < -0.39 is 15.4 Å². The highest BCUT2D eigenvalue weighted by molar-refractivity contribution is 9.10. The topological polar surface area (TPSA) is 105 Å². The van der Waals surface area contributed by atoms with Crippen LogP contribution in [0.5, 0.6) is 0 Å². The fourth-order valence-electron chi connectivity index (χ4n) is 2.80. The quantitative estimate of drug-likeness (QED) is 0.757. The third-order valence-corrected chi connectivity index (χ3v) is 5.62. The number of hydrogen-bond acceptors (Lipinski definition) is 7. The Morgan fingerprint density at radius 3 is 2.74 bits per heavy atom. The van der Waals surface area contributed by atoms with Crippen molar-refractivity contribution in [1.29, 1.82) is 0 Å². The molecule has 2 aromatic rings. The molecule has 0 aliphatic heterocycles. The SMILES string of the molecule is C[C@@]1(O)CCCC1Nc1ncc(Br)c2cnc(S(C)(=O)=O)nc12. The van der Waals surface area contributed by atoms with Gasteiger partial charge in [0.2, 0.25) is 15.0 Å². The first-order chi connectivity index (χ1) is 10.7. The molecule has 0 radical (unpaired) electrons. The molecule has 2 N–H and O–H groups in total. The number of nitrogens with zero attached hydrogens (tertiary/aromatic N) is 3. The maximum Gasteiger partial charge on any atom is 0.247 e. The van der Waals surface area contributed by atoms with Gasteiger partial charge in [-0.15, -0.1) is 0 Å². The van der Waals surface area contributed by atoms with Crippen LogP contribution in [0, 0.1) is 0 Å². The van der Waals surface area contributed by atoms with E-state index in [1.807, 2.05) is 0 Å². The first kappa shape index (κ1) is 16.5. The van der Waals surface area contributed by atoms with Gasteiger partial charge in [0.15, 0.2) is 5.82 Å². The number of halogens is 1. The van der Waals surface area contributed by atoms with Crippen molar-refractivity contribution in [3.8, 4) is 0 Å². The van der Waals surface area contributed by atoms with Gasteiger partial charge in [0, 0.05) is 28.5 Å². The van der Waals surface area contributed by atoms with E-state index in [1.165, 1.54) is 6.20 Å². The smallest absolute Gasteiger partial charge is 0.247 e. The minimum Gasteiger partial charge on any atom is -0.388 e. The van der Waals surface area contributed by atoms with Crippen LogP contribution in [0.3, 0.4) is 0 Å². The van der Waals surface area contributed by atoms with Crippen LogP contribution < -0.4 is 5.32 Å². The largest absolute Gasteiger partial charge is 0.388 e. The summed E-state index contributed by atoms with van der Waals surface area (Å²) < 4.78 is 24.1. The van der Waals surface area contributed by atoms with Gasteiger partial charge in [-0.3, -0.25) is 0 Å². The van der Waals surface area contributed by atoms with Crippen LogP contribution in [0.15, 0.2) is 22.0 Å². The normalized spacial score (nSPS) is 25.0. The van der Waals surface area contributed by atoms with E-state index in [0.717, 1.165) is 19.1 Å². The first-order valence-corrected chi connectivity index (χ1v) is 9.87. The summed E-state index contributed by atoms with van der Waals surface area (Å²) in [5.74, 6) is 0.447. The van der Waals surface area contributed by atoms with Crippen LogP contribution in [-0.2, 0) is 9.84 Å². The summed E-state index contributed by atoms with van der Waals surface area (Å²) >= 11 is 3.37. The minimum atomic E-state index is -3.52. The number of aliphatic hydroxyl groups is 1. The average Bonchev–Trinajstić information content (AvgIpc) is 2.79. The summed E-state index contributed by atoms with van der Waals surface area (Å²) in [4.78, 5) is 12.4. The van der Waals surface area contributed by atoms with Crippen molar-refractivity contribution in [3.05, 3.63) is 16.9 Å². The molecule has 2 heterocycles. The summed E-state index contributed by atoms with van der Waals surface area (Å²) in [6.45, 7) is 1.79. The molecule has 124 valence electrons. The van der Waals surface area contributed by atoms with Gasteiger partial charge >= 0.3 is 0 Å². The van der Waals surface area contributed by atoms with Gasteiger partial charge < -0.3 is 10.4 Å². The van der Waals surface area contributed by atoms with E-state index in [1.54, 1.807) is 13.1 Å². The van der Waals surface area contributed by atoms with Gasteiger partial charge in [-0.05, 0) is 42.1 Å². The summed E-state index contributed by atoms with van der Waals surface area (Å²) in [6, 6.07) is -0.156. The number of rotatable bonds is 3. The number of fused-ring (bicyclic) bond motifs is 1. The zero-order valence-corrected chi connectivity index (χ0v) is 15.1. The van der Waals surface area contributed by atoms with Crippen LogP contribution in [0.25, 0.3) is 10.9 Å². The molecule has 3 rings (SSSR count). The predicted molar refractivity (Wildman–Crippen MR) is 90.0 cm³/mol. The number of aromatic nitrogens is 3. The van der Waals surface area contributed by atoms with Gasteiger partial charge in [-0.25, -0.2) is 23.4 Å². The van der Waals surface area contributed by atoms with Gasteiger partial charge in [0.1, 0.15) is 5.52 Å². The highest BCUT2D eigenvalue weighted by Crippen LogP contribution is 2.34. The van der Waals surface area contributed by atoms with Crippen LogP contribution in [0.1, 0.15) is 26.2 Å². The van der Waals surface area contributed by atoms with Gasteiger partial charge in [-0.1, -0.05) is 0 Å². The molecule has 0 spiro atoms. The molecule has 1 aliphatic carbocycles. The van der Waals surface area contributed by atoms with E-state index >= 15 is 0 Å². The molecule has 1 unspecified atom stereocenters. The Balaban J connectivity index is 2.11. The van der Waals surface area contributed by atoms with Crippen molar-refractivity contribution in [2.75, 3.05) is 11.6 Å². The fourth-order valence-corrected chi connectivity index (χ4v) is 3.69. The Hall–Kier alpha value is -1.32. The average molecular weight is 401 g/mol. The minimum absolute atomic E-state index is 0.156. The Kier molecular flexibility index (Phi) is 4.06. The molecule has 1 fully saturated rings. The number of sulfone groups is 1. The van der Waals surface area contributed by atoms with Crippen molar-refractivity contribution >= 4 is 42.5 Å². The van der Waals surface area contributed by atoms with Gasteiger partial charge in [-0.2, -0.15) is 0 Å². The van der Waals surface area contributed by atoms with Crippen LogP contribution >= 0.6 is 15.9 Å². The first-order valence-electron chi connectivity index (χ1n) is 7.19. The van der Waals surface area contributed by atoms with E-state index in [0.29, 0.717) is 27.6 Å². The highest BCUT2D eigenvalue weighted by atomic mass is 79.9. The predicted octanol–water partition coefficient (Wildman–Crippen LogP) is 1.91. The number of pyridine rings is 1. The number of anilines is 1. The second kappa shape index (κ2) is 5.64. The van der Waals surface area contributed by atoms with Gasteiger partial charge in [0.05, 0.1) is 11.6 Å². The Bertz CT molecular complexity index is 870. The molecule has 0 bridgehead atoms. The second-order valence-corrected chi connectivity index (χ2v) is 8.85. The lowest BCUT2D eigenvalue weighted by Gasteiger charge is -2.27. The van der Waals surface area contributed by atoms with E-state index in [2.05, 4.69) is 36.2 Å². The molecular formula is C14H17BrN4O3S. The van der Waals surface area contributed by atoms with Crippen molar-refractivity contribution in [1.82, 2.24) is 15.0 Å². The zero-order valence-electron chi connectivity index (χ0n) is 12.7.